The zero-order valence-corrected chi connectivity index (χ0v) is 11.5. The Balaban J connectivity index is 1.54. The lowest BCUT2D eigenvalue weighted by atomic mass is 10.1. The molecule has 106 valence electrons. The van der Waals surface area contributed by atoms with Crippen molar-refractivity contribution in [3.05, 3.63) is 59.5 Å². The van der Waals surface area contributed by atoms with Gasteiger partial charge in [-0.3, -0.25) is 4.40 Å². The first-order valence-corrected chi connectivity index (χ1v) is 7.15. The Hall–Kier alpha value is -2.40. The monoisotopic (exact) mass is 280 g/mol. The number of nitrogens with zero attached hydrogens (tertiary/aromatic N) is 3. The number of aromatic hydroxyl groups is 1. The fourth-order valence-corrected chi connectivity index (χ4v) is 3.04. The maximum absolute atomic E-state index is 9.54. The summed E-state index contributed by atoms with van der Waals surface area (Å²) in [5.41, 5.74) is 3.38. The Morgan fingerprint density at radius 1 is 1.24 bits per heavy atom. The summed E-state index contributed by atoms with van der Waals surface area (Å²) in [6, 6.07) is 11.8. The Morgan fingerprint density at radius 3 is 3.14 bits per heavy atom. The van der Waals surface area contributed by atoms with E-state index in [2.05, 4.69) is 15.5 Å². The lowest BCUT2D eigenvalue weighted by Crippen LogP contribution is -2.20. The number of fused-ring (bicyclic) bond motifs is 2. The van der Waals surface area contributed by atoms with Crippen molar-refractivity contribution in [2.24, 2.45) is 0 Å². The van der Waals surface area contributed by atoms with Crippen molar-refractivity contribution >= 4 is 5.65 Å². The minimum atomic E-state index is 0.316. The summed E-state index contributed by atoms with van der Waals surface area (Å²) >= 11 is 0. The predicted molar refractivity (Wildman–Crippen MR) is 79.0 cm³/mol. The quantitative estimate of drug-likeness (QED) is 0.772. The topological polar surface area (TPSA) is 62.5 Å². The van der Waals surface area contributed by atoms with Crippen molar-refractivity contribution in [1.82, 2.24) is 19.9 Å². The van der Waals surface area contributed by atoms with Gasteiger partial charge < -0.3 is 10.4 Å². The Kier molecular flexibility index (Phi) is 2.86. The van der Waals surface area contributed by atoms with Gasteiger partial charge in [0, 0.05) is 12.2 Å². The second kappa shape index (κ2) is 4.86. The normalized spacial score (nSPS) is 17.2. The molecule has 3 aromatic rings. The van der Waals surface area contributed by atoms with E-state index in [1.54, 1.807) is 6.07 Å². The van der Waals surface area contributed by atoms with E-state index >= 15 is 0 Å². The first kappa shape index (κ1) is 12.3. The number of pyridine rings is 1. The van der Waals surface area contributed by atoms with E-state index in [1.165, 1.54) is 11.1 Å². The molecular formula is C16H16N4O. The number of hydrogen-bond donors (Lipinski definition) is 2. The van der Waals surface area contributed by atoms with E-state index in [9.17, 15) is 5.11 Å². The lowest BCUT2D eigenvalue weighted by Gasteiger charge is -2.13. The molecule has 1 atom stereocenters. The van der Waals surface area contributed by atoms with Gasteiger partial charge in [-0.15, -0.1) is 10.2 Å². The molecule has 2 aromatic heterocycles. The second-order valence-corrected chi connectivity index (χ2v) is 5.40. The van der Waals surface area contributed by atoms with Gasteiger partial charge in [0.2, 0.25) is 0 Å². The van der Waals surface area contributed by atoms with E-state index in [4.69, 9.17) is 0 Å². The number of phenols is 1. The van der Waals surface area contributed by atoms with Crippen LogP contribution in [0.25, 0.3) is 5.65 Å². The van der Waals surface area contributed by atoms with Crippen LogP contribution in [0.5, 0.6) is 5.75 Å². The Morgan fingerprint density at radius 2 is 2.19 bits per heavy atom. The van der Waals surface area contributed by atoms with Crippen LogP contribution in [0.15, 0.2) is 42.6 Å². The van der Waals surface area contributed by atoms with Crippen molar-refractivity contribution in [2.45, 2.75) is 25.4 Å². The molecular weight excluding hydrogens is 264 g/mol. The van der Waals surface area contributed by atoms with Crippen LogP contribution in [0, 0.1) is 0 Å². The fourth-order valence-electron chi connectivity index (χ4n) is 3.04. The van der Waals surface area contributed by atoms with Crippen LogP contribution in [-0.4, -0.2) is 19.7 Å². The van der Waals surface area contributed by atoms with Crippen LogP contribution >= 0.6 is 0 Å². The number of benzene rings is 1. The van der Waals surface area contributed by atoms with Gasteiger partial charge in [0.25, 0.3) is 0 Å². The van der Waals surface area contributed by atoms with Gasteiger partial charge in [-0.25, -0.2) is 0 Å². The van der Waals surface area contributed by atoms with Crippen molar-refractivity contribution in [2.75, 3.05) is 0 Å². The summed E-state index contributed by atoms with van der Waals surface area (Å²) in [6.07, 6.45) is 4.03. The summed E-state index contributed by atoms with van der Waals surface area (Å²) in [6.45, 7) is 0.677. The van der Waals surface area contributed by atoms with E-state index in [0.29, 0.717) is 18.3 Å². The third-order valence-electron chi connectivity index (χ3n) is 4.10. The number of rotatable bonds is 3. The Bertz CT molecular complexity index is 796. The smallest absolute Gasteiger partial charge is 0.160 e. The first-order valence-electron chi connectivity index (χ1n) is 7.15. The molecule has 4 rings (SSSR count). The van der Waals surface area contributed by atoms with Crippen LogP contribution < -0.4 is 5.32 Å². The Labute approximate surface area is 122 Å². The predicted octanol–water partition coefficient (Wildman–Crippen LogP) is 2.21. The highest BCUT2D eigenvalue weighted by molar-refractivity contribution is 5.40. The molecule has 0 saturated heterocycles. The molecule has 21 heavy (non-hydrogen) atoms. The molecule has 5 heteroatoms. The zero-order valence-electron chi connectivity index (χ0n) is 11.5. The third kappa shape index (κ3) is 2.15. The summed E-state index contributed by atoms with van der Waals surface area (Å²) in [7, 11) is 0. The van der Waals surface area contributed by atoms with Gasteiger partial charge in [-0.05, 0) is 48.2 Å². The molecule has 0 radical (unpaired) electrons. The van der Waals surface area contributed by atoms with Crippen molar-refractivity contribution in [1.29, 1.82) is 0 Å². The van der Waals surface area contributed by atoms with E-state index in [1.807, 2.05) is 40.9 Å². The standard InChI is InChI=1S/C16H16N4O/c21-12-5-6-13-11(9-12)4-7-14(13)17-10-16-19-18-15-3-1-2-8-20(15)16/h1-3,5-6,8-9,14,17,21H,4,7,10H2. The second-order valence-electron chi connectivity index (χ2n) is 5.40. The lowest BCUT2D eigenvalue weighted by molar-refractivity contribution is 0.474. The molecule has 2 heterocycles. The van der Waals surface area contributed by atoms with Gasteiger partial charge >= 0.3 is 0 Å². The third-order valence-corrected chi connectivity index (χ3v) is 4.10. The summed E-state index contributed by atoms with van der Waals surface area (Å²) in [5, 5.41) is 21.5. The molecule has 0 aliphatic heterocycles. The van der Waals surface area contributed by atoms with Gasteiger partial charge in [-0.1, -0.05) is 12.1 Å². The van der Waals surface area contributed by atoms with Crippen molar-refractivity contribution in [3.63, 3.8) is 0 Å². The van der Waals surface area contributed by atoms with Gasteiger partial charge in [0.1, 0.15) is 5.75 Å². The summed E-state index contributed by atoms with van der Waals surface area (Å²) in [4.78, 5) is 0. The zero-order chi connectivity index (χ0) is 14.2. The van der Waals surface area contributed by atoms with Gasteiger partial charge in [-0.2, -0.15) is 0 Å². The largest absolute Gasteiger partial charge is 0.508 e. The minimum absolute atomic E-state index is 0.316. The number of phenolic OH excluding ortho intramolecular Hbond substituents is 1. The number of aromatic nitrogens is 3. The molecule has 0 saturated carbocycles. The highest BCUT2D eigenvalue weighted by Gasteiger charge is 2.22. The molecule has 0 fully saturated rings. The van der Waals surface area contributed by atoms with Crippen LogP contribution in [0.3, 0.4) is 0 Å². The maximum Gasteiger partial charge on any atom is 0.160 e. The maximum atomic E-state index is 9.54. The van der Waals surface area contributed by atoms with Gasteiger partial charge in [0.15, 0.2) is 11.5 Å². The molecule has 2 N–H and O–H groups in total. The molecule has 0 spiro atoms. The number of aryl methyl sites for hydroxylation is 1. The molecule has 1 aromatic carbocycles. The molecule has 1 unspecified atom stereocenters. The van der Waals surface area contributed by atoms with Crippen LogP contribution in [0.1, 0.15) is 29.4 Å². The van der Waals surface area contributed by atoms with E-state index < -0.39 is 0 Å². The number of hydrogen-bond acceptors (Lipinski definition) is 4. The summed E-state index contributed by atoms with van der Waals surface area (Å²) in [5.74, 6) is 1.26. The van der Waals surface area contributed by atoms with Gasteiger partial charge in [0.05, 0.1) is 6.54 Å². The molecule has 5 nitrogen and oxygen atoms in total. The number of nitrogens with one attached hydrogen (secondary N) is 1. The SMILES string of the molecule is Oc1ccc2c(c1)CCC2NCc1nnc2ccccn12. The van der Waals surface area contributed by atoms with Crippen molar-refractivity contribution in [3.8, 4) is 5.75 Å². The van der Waals surface area contributed by atoms with Crippen molar-refractivity contribution < 1.29 is 5.11 Å². The molecule has 0 amide bonds. The van der Waals surface area contributed by atoms with Crippen LogP contribution in [-0.2, 0) is 13.0 Å². The first-order chi connectivity index (χ1) is 10.3. The highest BCUT2D eigenvalue weighted by Crippen LogP contribution is 2.33. The highest BCUT2D eigenvalue weighted by atomic mass is 16.3. The summed E-state index contributed by atoms with van der Waals surface area (Å²) < 4.78 is 2.00. The average Bonchev–Trinajstić information content (AvgIpc) is 3.08. The molecule has 1 aliphatic rings. The molecule has 1 aliphatic carbocycles. The average molecular weight is 280 g/mol. The minimum Gasteiger partial charge on any atom is -0.508 e. The van der Waals surface area contributed by atoms with Crippen LogP contribution in [0.2, 0.25) is 0 Å². The van der Waals surface area contributed by atoms with E-state index in [-0.39, 0.29) is 0 Å². The fraction of sp³-hybridized carbons (Fsp3) is 0.250. The van der Waals surface area contributed by atoms with Crippen LogP contribution in [0.4, 0.5) is 0 Å². The van der Waals surface area contributed by atoms with E-state index in [0.717, 1.165) is 24.3 Å². The molecule has 0 bridgehead atoms.